The number of azo groups is 1. The van der Waals surface area contributed by atoms with Gasteiger partial charge in [0.25, 0.3) is 0 Å². The summed E-state index contributed by atoms with van der Waals surface area (Å²) in [5.41, 5.74) is 4.74. The number of fused-ring (bicyclic) bond motifs is 1. The lowest BCUT2D eigenvalue weighted by Crippen LogP contribution is -2.08. The van der Waals surface area contributed by atoms with E-state index in [1.54, 1.807) is 0 Å². The number of anilines is 1. The summed E-state index contributed by atoms with van der Waals surface area (Å²) in [4.78, 5) is -2.12. The second kappa shape index (κ2) is 5.42. The predicted octanol–water partition coefficient (Wildman–Crippen LogP) is 0.649. The van der Waals surface area contributed by atoms with Gasteiger partial charge < -0.3 is 19.9 Å². The molecular formula is C11H9N3O7S2-2. The molecule has 2 rings (SSSR count). The van der Waals surface area contributed by atoms with Gasteiger partial charge >= 0.3 is 0 Å². The largest absolute Gasteiger partial charge is 0.744 e. The van der Waals surface area contributed by atoms with Crippen molar-refractivity contribution in [2.24, 2.45) is 10.2 Å². The number of hydrogen-bond acceptors (Lipinski definition) is 10. The highest BCUT2D eigenvalue weighted by Gasteiger charge is 2.21. The van der Waals surface area contributed by atoms with Crippen molar-refractivity contribution in [1.82, 2.24) is 0 Å². The summed E-state index contributed by atoms with van der Waals surface area (Å²) in [5, 5.41) is 16.2. The first kappa shape index (κ1) is 17.1. The fraction of sp³-hybridized carbons (Fsp3) is 0.0909. The van der Waals surface area contributed by atoms with E-state index in [-0.39, 0.29) is 11.1 Å². The summed E-state index contributed by atoms with van der Waals surface area (Å²) >= 11 is 0. The van der Waals surface area contributed by atoms with Crippen LogP contribution in [0.25, 0.3) is 10.8 Å². The highest BCUT2D eigenvalue weighted by molar-refractivity contribution is 7.86. The van der Waals surface area contributed by atoms with Crippen molar-refractivity contribution < 1.29 is 31.0 Å². The molecule has 0 aliphatic carbocycles. The van der Waals surface area contributed by atoms with Gasteiger partial charge in [0.05, 0.1) is 20.9 Å². The summed E-state index contributed by atoms with van der Waals surface area (Å²) in [7, 11) is -9.05. The molecule has 0 radical (unpaired) electrons. The molecule has 0 amide bonds. The maximum atomic E-state index is 11.3. The van der Waals surface area contributed by atoms with E-state index in [1.165, 1.54) is 7.05 Å². The van der Waals surface area contributed by atoms with Gasteiger partial charge in [0.2, 0.25) is 0 Å². The van der Waals surface area contributed by atoms with E-state index < -0.39 is 46.9 Å². The lowest BCUT2D eigenvalue weighted by molar-refractivity contribution is 0.462. The number of nitrogens with two attached hydrogens (primary N) is 1. The quantitative estimate of drug-likeness (QED) is 0.454. The number of aromatic hydroxyl groups is 1. The number of phenolic OH excluding ortho intramolecular Hbond substituents is 1. The predicted molar refractivity (Wildman–Crippen MR) is 76.4 cm³/mol. The summed E-state index contributed by atoms with van der Waals surface area (Å²) in [6.07, 6.45) is 0. The van der Waals surface area contributed by atoms with Crippen LogP contribution in [0, 0.1) is 0 Å². The molecule has 0 heterocycles. The SMILES string of the molecule is CN=Nc1ccc2c(S(=O)(=O)[O-])cc(S(=O)(=O)[O-])c(N)c2c1O. The minimum Gasteiger partial charge on any atom is -0.744 e. The van der Waals surface area contributed by atoms with Crippen molar-refractivity contribution in [3.8, 4) is 5.75 Å². The van der Waals surface area contributed by atoms with Crippen LogP contribution in [-0.4, -0.2) is 38.1 Å². The topological polar surface area (TPSA) is 185 Å². The molecule has 2 aromatic rings. The third-order valence-electron chi connectivity index (χ3n) is 2.97. The normalized spacial score (nSPS) is 13.0. The molecule has 0 aliphatic heterocycles. The van der Waals surface area contributed by atoms with Gasteiger partial charge in [-0.2, -0.15) is 10.2 Å². The number of benzene rings is 2. The second-order valence-corrected chi connectivity index (χ2v) is 7.05. The molecule has 0 saturated heterocycles. The van der Waals surface area contributed by atoms with E-state index in [4.69, 9.17) is 5.73 Å². The van der Waals surface area contributed by atoms with Gasteiger partial charge in [-0.1, -0.05) is 6.07 Å². The van der Waals surface area contributed by atoms with E-state index in [0.717, 1.165) is 12.1 Å². The molecule has 0 aromatic heterocycles. The monoisotopic (exact) mass is 359 g/mol. The molecule has 0 bridgehead atoms. The lowest BCUT2D eigenvalue weighted by atomic mass is 10.1. The minimum absolute atomic E-state index is 0.151. The third kappa shape index (κ3) is 2.96. The van der Waals surface area contributed by atoms with Gasteiger partial charge in [-0.3, -0.25) is 0 Å². The minimum atomic E-state index is -5.19. The van der Waals surface area contributed by atoms with E-state index >= 15 is 0 Å². The van der Waals surface area contributed by atoms with Gasteiger partial charge in [-0.15, -0.1) is 0 Å². The first-order valence-corrected chi connectivity index (χ1v) is 8.60. The molecule has 124 valence electrons. The second-order valence-electron chi connectivity index (χ2n) is 4.35. The first-order chi connectivity index (χ1) is 10.5. The van der Waals surface area contributed by atoms with Crippen LogP contribution < -0.4 is 5.73 Å². The van der Waals surface area contributed by atoms with Crippen molar-refractivity contribution in [1.29, 1.82) is 0 Å². The zero-order chi connectivity index (χ0) is 17.6. The standard InChI is InChI=1S/C11H11N3O7S2/c1-13-14-6-3-2-5-7(22(16,17)18)4-8(23(19,20)21)10(12)9(5)11(6)15/h2-4,15H,12H2,1H3,(H,16,17,18)(H,19,20,21)/p-2. The molecule has 23 heavy (non-hydrogen) atoms. The summed E-state index contributed by atoms with van der Waals surface area (Å²) < 4.78 is 67.8. The maximum absolute atomic E-state index is 11.3. The van der Waals surface area contributed by atoms with Crippen molar-refractivity contribution in [3.05, 3.63) is 18.2 Å². The first-order valence-electron chi connectivity index (χ1n) is 5.78. The summed E-state index contributed by atoms with van der Waals surface area (Å²) in [5.74, 6) is -0.707. The molecule has 0 fully saturated rings. The highest BCUT2D eigenvalue weighted by Crippen LogP contribution is 2.43. The molecule has 0 atom stereocenters. The molecule has 0 aliphatic rings. The van der Waals surface area contributed by atoms with Gasteiger partial charge in [0.15, 0.2) is 5.75 Å². The van der Waals surface area contributed by atoms with Gasteiger partial charge in [0.1, 0.15) is 25.9 Å². The average Bonchev–Trinajstić information content (AvgIpc) is 2.39. The van der Waals surface area contributed by atoms with Crippen LogP contribution >= 0.6 is 0 Å². The molecule has 10 nitrogen and oxygen atoms in total. The number of nitrogen functional groups attached to an aromatic ring is 1. The van der Waals surface area contributed by atoms with Gasteiger partial charge in [-0.05, 0) is 12.1 Å². The molecule has 0 saturated carbocycles. The summed E-state index contributed by atoms with van der Waals surface area (Å²) in [6, 6.07) is 2.63. The van der Waals surface area contributed by atoms with Gasteiger partial charge in [-0.25, -0.2) is 16.8 Å². The molecule has 2 aromatic carbocycles. The molecule has 3 N–H and O–H groups in total. The highest BCUT2D eigenvalue weighted by atomic mass is 32.2. The fourth-order valence-corrected chi connectivity index (χ4v) is 3.47. The van der Waals surface area contributed by atoms with Crippen LogP contribution in [0.15, 0.2) is 38.2 Å². The van der Waals surface area contributed by atoms with Gasteiger partial charge in [0, 0.05) is 12.4 Å². The van der Waals surface area contributed by atoms with Crippen molar-refractivity contribution in [2.45, 2.75) is 9.79 Å². The number of hydrogen-bond donors (Lipinski definition) is 2. The smallest absolute Gasteiger partial charge is 0.153 e. The van der Waals surface area contributed by atoms with Crippen molar-refractivity contribution in [2.75, 3.05) is 12.8 Å². The van der Waals surface area contributed by atoms with E-state index in [9.17, 15) is 31.0 Å². The molecular weight excluding hydrogens is 350 g/mol. The van der Waals surface area contributed by atoms with Crippen molar-refractivity contribution >= 4 is 42.4 Å². The molecule has 0 unspecified atom stereocenters. The Morgan fingerprint density at radius 2 is 1.65 bits per heavy atom. The molecule has 0 spiro atoms. The zero-order valence-corrected chi connectivity index (χ0v) is 13.1. The fourth-order valence-electron chi connectivity index (χ4n) is 2.06. The maximum Gasteiger partial charge on any atom is 0.153 e. The van der Waals surface area contributed by atoms with Crippen LogP contribution in [0.2, 0.25) is 0 Å². The van der Waals surface area contributed by atoms with Crippen LogP contribution in [-0.2, 0) is 20.2 Å². The van der Waals surface area contributed by atoms with Crippen LogP contribution in [0.4, 0.5) is 11.4 Å². The van der Waals surface area contributed by atoms with Crippen LogP contribution in [0.3, 0.4) is 0 Å². The Morgan fingerprint density at radius 1 is 1.09 bits per heavy atom. The third-order valence-corrected chi connectivity index (χ3v) is 4.72. The number of rotatable bonds is 3. The number of nitrogens with zero attached hydrogens (tertiary/aromatic N) is 2. The Hall–Kier alpha value is -2.28. The van der Waals surface area contributed by atoms with Crippen LogP contribution in [0.5, 0.6) is 5.75 Å². The Bertz CT molecular complexity index is 1040. The number of phenols is 1. The average molecular weight is 359 g/mol. The van der Waals surface area contributed by atoms with E-state index in [1.807, 2.05) is 0 Å². The Labute approximate surface area is 130 Å². The van der Waals surface area contributed by atoms with Crippen molar-refractivity contribution in [3.63, 3.8) is 0 Å². The Kier molecular flexibility index (Phi) is 4.02. The van der Waals surface area contributed by atoms with E-state index in [0.29, 0.717) is 6.07 Å². The Balaban J connectivity index is 3.17. The van der Waals surface area contributed by atoms with E-state index in [2.05, 4.69) is 10.2 Å². The lowest BCUT2D eigenvalue weighted by Gasteiger charge is -2.18. The zero-order valence-electron chi connectivity index (χ0n) is 11.4. The molecule has 12 heteroatoms. The van der Waals surface area contributed by atoms with Crippen LogP contribution in [0.1, 0.15) is 0 Å². The summed E-state index contributed by atoms with van der Waals surface area (Å²) in [6.45, 7) is 0. The Morgan fingerprint density at radius 3 is 2.13 bits per heavy atom.